The third-order valence-electron chi connectivity index (χ3n) is 5.45. The molecule has 3 rings (SSSR count). The molecule has 0 amide bonds. The Bertz CT molecular complexity index is 423. The predicted molar refractivity (Wildman–Crippen MR) is 85.9 cm³/mol. The first-order valence-corrected chi connectivity index (χ1v) is 8.84. The van der Waals surface area contributed by atoms with Crippen LogP contribution < -0.4 is 5.32 Å². The van der Waals surface area contributed by atoms with E-state index in [4.69, 9.17) is 0 Å². The fourth-order valence-corrected chi connectivity index (χ4v) is 4.29. The molecule has 2 saturated carbocycles. The van der Waals surface area contributed by atoms with Crippen molar-refractivity contribution < 1.29 is 0 Å². The first kappa shape index (κ1) is 15.0. The highest BCUT2D eigenvalue weighted by Crippen LogP contribution is 2.38. The van der Waals surface area contributed by atoms with E-state index in [0.717, 1.165) is 29.8 Å². The Balaban J connectivity index is 1.57. The van der Waals surface area contributed by atoms with Gasteiger partial charge in [-0.05, 0) is 31.6 Å². The lowest BCUT2D eigenvalue weighted by atomic mass is 9.71. The molecule has 0 aromatic carbocycles. The fourth-order valence-electron chi connectivity index (χ4n) is 4.29. The third-order valence-corrected chi connectivity index (χ3v) is 5.45. The number of aryl methyl sites for hydroxylation is 1. The molecule has 3 nitrogen and oxygen atoms in total. The molecule has 0 radical (unpaired) electrons. The molecular weight excluding hydrogens is 258 g/mol. The van der Waals surface area contributed by atoms with Crippen LogP contribution in [0.15, 0.2) is 12.4 Å². The lowest BCUT2D eigenvalue weighted by Gasteiger charge is -2.39. The average molecular weight is 287 g/mol. The van der Waals surface area contributed by atoms with Crippen molar-refractivity contribution in [3.8, 4) is 0 Å². The molecule has 2 atom stereocenters. The van der Waals surface area contributed by atoms with Gasteiger partial charge in [0.2, 0.25) is 0 Å². The molecular formula is C18H29N3. The van der Waals surface area contributed by atoms with Crippen LogP contribution in [-0.2, 0) is 6.54 Å². The lowest BCUT2D eigenvalue weighted by Crippen LogP contribution is -2.42. The Labute approximate surface area is 129 Å². The van der Waals surface area contributed by atoms with Crippen LogP contribution in [0.25, 0.3) is 0 Å². The van der Waals surface area contributed by atoms with Gasteiger partial charge in [0, 0.05) is 25.0 Å². The minimum absolute atomic E-state index is 0.699. The topological polar surface area (TPSA) is 37.8 Å². The van der Waals surface area contributed by atoms with Crippen molar-refractivity contribution in [2.45, 2.75) is 77.3 Å². The third kappa shape index (κ3) is 4.03. The number of aromatic nitrogens is 2. The van der Waals surface area contributed by atoms with Crippen molar-refractivity contribution in [2.75, 3.05) is 0 Å². The van der Waals surface area contributed by atoms with Gasteiger partial charge in [0.25, 0.3) is 0 Å². The van der Waals surface area contributed by atoms with Crippen molar-refractivity contribution in [3.05, 3.63) is 23.8 Å². The first-order chi connectivity index (χ1) is 10.3. The van der Waals surface area contributed by atoms with Gasteiger partial charge in [-0.15, -0.1) is 0 Å². The van der Waals surface area contributed by atoms with Crippen molar-refractivity contribution in [3.63, 3.8) is 0 Å². The van der Waals surface area contributed by atoms with Gasteiger partial charge in [0.15, 0.2) is 0 Å². The summed E-state index contributed by atoms with van der Waals surface area (Å²) in [6.07, 6.45) is 16.7. The molecule has 3 heteroatoms. The van der Waals surface area contributed by atoms with Gasteiger partial charge in [-0.3, -0.25) is 9.97 Å². The number of rotatable bonds is 4. The summed E-state index contributed by atoms with van der Waals surface area (Å²) in [7, 11) is 0. The highest BCUT2D eigenvalue weighted by molar-refractivity contribution is 5.01. The molecule has 2 aliphatic carbocycles. The zero-order valence-electron chi connectivity index (χ0n) is 13.4. The van der Waals surface area contributed by atoms with E-state index >= 15 is 0 Å². The first-order valence-electron chi connectivity index (χ1n) is 8.84. The summed E-state index contributed by atoms with van der Waals surface area (Å²) in [5, 5.41) is 3.80. The maximum absolute atomic E-state index is 4.48. The summed E-state index contributed by atoms with van der Waals surface area (Å²) in [6, 6.07) is 0.699. The van der Waals surface area contributed by atoms with Crippen molar-refractivity contribution in [2.24, 2.45) is 11.8 Å². The van der Waals surface area contributed by atoms with Crippen LogP contribution in [0.5, 0.6) is 0 Å². The molecule has 21 heavy (non-hydrogen) atoms. The van der Waals surface area contributed by atoms with E-state index in [1.165, 1.54) is 57.8 Å². The van der Waals surface area contributed by atoms with E-state index in [1.54, 1.807) is 0 Å². The second-order valence-electron chi connectivity index (χ2n) is 6.98. The van der Waals surface area contributed by atoms with E-state index in [-0.39, 0.29) is 0 Å². The number of nitrogens with zero attached hydrogens (tertiary/aromatic N) is 2. The van der Waals surface area contributed by atoms with Crippen molar-refractivity contribution in [1.29, 1.82) is 0 Å². The second-order valence-corrected chi connectivity index (χ2v) is 6.98. The Kier molecular flexibility index (Phi) is 5.23. The second kappa shape index (κ2) is 7.35. The monoisotopic (exact) mass is 287 g/mol. The van der Waals surface area contributed by atoms with Crippen LogP contribution >= 0.6 is 0 Å². The molecule has 1 heterocycles. The van der Waals surface area contributed by atoms with Gasteiger partial charge in [-0.2, -0.15) is 0 Å². The normalized spacial score (nSPS) is 27.7. The van der Waals surface area contributed by atoms with Crippen molar-refractivity contribution >= 4 is 0 Å². The maximum atomic E-state index is 4.48. The number of hydrogen-bond donors (Lipinski definition) is 1. The van der Waals surface area contributed by atoms with E-state index < -0.39 is 0 Å². The molecule has 2 aliphatic rings. The number of nitrogens with one attached hydrogen (secondary N) is 1. The van der Waals surface area contributed by atoms with Gasteiger partial charge >= 0.3 is 0 Å². The predicted octanol–water partition coefficient (Wildman–Crippen LogP) is 4.01. The van der Waals surface area contributed by atoms with Crippen LogP contribution in [0.3, 0.4) is 0 Å². The van der Waals surface area contributed by atoms with Crippen LogP contribution in [0.4, 0.5) is 0 Å². The molecule has 0 saturated heterocycles. The van der Waals surface area contributed by atoms with Crippen LogP contribution in [0.2, 0.25) is 0 Å². The quantitative estimate of drug-likeness (QED) is 0.909. The van der Waals surface area contributed by atoms with Gasteiger partial charge in [0.05, 0.1) is 11.4 Å². The minimum atomic E-state index is 0.699. The Morgan fingerprint density at radius 2 is 1.71 bits per heavy atom. The fraction of sp³-hybridized carbons (Fsp3) is 0.778. The van der Waals surface area contributed by atoms with Gasteiger partial charge < -0.3 is 5.32 Å². The Morgan fingerprint density at radius 3 is 2.48 bits per heavy atom. The smallest absolute Gasteiger partial charge is 0.0724 e. The van der Waals surface area contributed by atoms with Gasteiger partial charge in [0.1, 0.15) is 0 Å². The van der Waals surface area contributed by atoms with Gasteiger partial charge in [-0.1, -0.05) is 44.9 Å². The molecule has 0 bridgehead atoms. The van der Waals surface area contributed by atoms with Crippen LogP contribution in [0, 0.1) is 18.8 Å². The van der Waals surface area contributed by atoms with Gasteiger partial charge in [-0.25, -0.2) is 0 Å². The standard InChI is InChI=1S/C18H29N3/c1-14-11-20-16(12-19-14)13-21-18-10-6-5-9-17(18)15-7-3-2-4-8-15/h11-12,15,17-18,21H,2-10,13H2,1H3. The summed E-state index contributed by atoms with van der Waals surface area (Å²) in [6.45, 7) is 2.87. The largest absolute Gasteiger partial charge is 0.308 e. The summed E-state index contributed by atoms with van der Waals surface area (Å²) >= 11 is 0. The maximum Gasteiger partial charge on any atom is 0.0724 e. The summed E-state index contributed by atoms with van der Waals surface area (Å²) in [5.41, 5.74) is 2.07. The summed E-state index contributed by atoms with van der Waals surface area (Å²) in [4.78, 5) is 8.82. The minimum Gasteiger partial charge on any atom is -0.308 e. The molecule has 2 unspecified atom stereocenters. The van der Waals surface area contributed by atoms with E-state index in [9.17, 15) is 0 Å². The molecule has 1 aromatic rings. The molecule has 0 aliphatic heterocycles. The average Bonchev–Trinajstić information content (AvgIpc) is 2.55. The van der Waals surface area contributed by atoms with Crippen molar-refractivity contribution in [1.82, 2.24) is 15.3 Å². The highest BCUT2D eigenvalue weighted by Gasteiger charge is 2.32. The highest BCUT2D eigenvalue weighted by atomic mass is 14.9. The summed E-state index contributed by atoms with van der Waals surface area (Å²) in [5.74, 6) is 1.87. The van der Waals surface area contributed by atoms with E-state index in [2.05, 4.69) is 15.3 Å². The summed E-state index contributed by atoms with van der Waals surface area (Å²) < 4.78 is 0. The zero-order valence-corrected chi connectivity index (χ0v) is 13.4. The molecule has 116 valence electrons. The lowest BCUT2D eigenvalue weighted by molar-refractivity contribution is 0.149. The number of hydrogen-bond acceptors (Lipinski definition) is 3. The SMILES string of the molecule is Cc1cnc(CNC2CCCCC2C2CCCCC2)cn1. The Hall–Kier alpha value is -0.960. The zero-order chi connectivity index (χ0) is 14.5. The molecule has 1 aromatic heterocycles. The molecule has 0 spiro atoms. The molecule has 1 N–H and O–H groups in total. The molecule has 2 fully saturated rings. The van der Waals surface area contributed by atoms with E-state index in [1.807, 2.05) is 19.3 Å². The van der Waals surface area contributed by atoms with Crippen LogP contribution in [-0.4, -0.2) is 16.0 Å². The Morgan fingerprint density at radius 1 is 0.952 bits per heavy atom. The van der Waals surface area contributed by atoms with Crippen LogP contribution in [0.1, 0.15) is 69.2 Å². The van der Waals surface area contributed by atoms with E-state index in [0.29, 0.717) is 6.04 Å².